The molecule has 0 fully saturated rings. The van der Waals surface area contributed by atoms with E-state index in [0.717, 1.165) is 12.8 Å². The third-order valence-corrected chi connectivity index (χ3v) is 5.01. The van der Waals surface area contributed by atoms with Crippen LogP contribution in [0.4, 0.5) is 10.1 Å². The van der Waals surface area contributed by atoms with Crippen LogP contribution in [0.3, 0.4) is 0 Å². The van der Waals surface area contributed by atoms with E-state index in [1.165, 1.54) is 29.2 Å². The molecular weight excluding hydrogens is 401 g/mol. The van der Waals surface area contributed by atoms with Crippen LogP contribution in [0.15, 0.2) is 48.5 Å². The van der Waals surface area contributed by atoms with Crippen molar-refractivity contribution in [2.45, 2.75) is 52.1 Å². The van der Waals surface area contributed by atoms with Crippen LogP contribution in [0.5, 0.6) is 0 Å². The highest BCUT2D eigenvalue weighted by molar-refractivity contribution is 5.88. The van der Waals surface area contributed by atoms with Crippen LogP contribution in [0, 0.1) is 15.9 Å². The van der Waals surface area contributed by atoms with Crippen molar-refractivity contribution in [3.63, 3.8) is 0 Å². The molecule has 0 saturated carbocycles. The molecule has 7 nitrogen and oxygen atoms in total. The Morgan fingerprint density at radius 3 is 2.42 bits per heavy atom. The maximum atomic E-state index is 13.3. The number of para-hydroxylation sites is 1. The van der Waals surface area contributed by atoms with Crippen LogP contribution in [0.2, 0.25) is 0 Å². The third kappa shape index (κ3) is 6.87. The van der Waals surface area contributed by atoms with Crippen LogP contribution in [0.1, 0.15) is 44.2 Å². The zero-order valence-electron chi connectivity index (χ0n) is 17.8. The summed E-state index contributed by atoms with van der Waals surface area (Å²) in [6.07, 6.45) is 1.91. The maximum Gasteiger partial charge on any atom is 0.273 e. The molecule has 166 valence electrons. The minimum absolute atomic E-state index is 0.0967. The second-order valence-corrected chi connectivity index (χ2v) is 7.28. The van der Waals surface area contributed by atoms with Gasteiger partial charge in [-0.05, 0) is 30.5 Å². The molecule has 0 aliphatic carbocycles. The highest BCUT2D eigenvalue weighted by Gasteiger charge is 2.29. The van der Waals surface area contributed by atoms with Gasteiger partial charge in [-0.15, -0.1) is 0 Å². The number of nitrogens with zero attached hydrogens (tertiary/aromatic N) is 2. The number of unbranched alkanes of at least 4 members (excludes halogenated alkanes) is 1. The summed E-state index contributed by atoms with van der Waals surface area (Å²) in [5, 5.41) is 14.2. The summed E-state index contributed by atoms with van der Waals surface area (Å²) in [5.41, 5.74) is 0.804. The van der Waals surface area contributed by atoms with Gasteiger partial charge in [0.2, 0.25) is 11.8 Å². The van der Waals surface area contributed by atoms with Gasteiger partial charge in [0, 0.05) is 24.7 Å². The number of nitro groups is 1. The molecule has 1 atom stereocenters. The van der Waals surface area contributed by atoms with Crippen molar-refractivity contribution >= 4 is 17.5 Å². The van der Waals surface area contributed by atoms with Crippen molar-refractivity contribution in [1.82, 2.24) is 10.2 Å². The highest BCUT2D eigenvalue weighted by atomic mass is 19.1. The number of benzene rings is 2. The molecule has 1 unspecified atom stereocenters. The lowest BCUT2D eigenvalue weighted by atomic mass is 10.1. The van der Waals surface area contributed by atoms with E-state index in [1.54, 1.807) is 31.2 Å². The molecule has 0 radical (unpaired) electrons. The summed E-state index contributed by atoms with van der Waals surface area (Å²) in [5.74, 6) is -1.07. The fourth-order valence-corrected chi connectivity index (χ4v) is 3.32. The van der Waals surface area contributed by atoms with Crippen molar-refractivity contribution < 1.29 is 18.9 Å². The minimum Gasteiger partial charge on any atom is -0.354 e. The van der Waals surface area contributed by atoms with Crippen molar-refractivity contribution in [1.29, 1.82) is 0 Å². The van der Waals surface area contributed by atoms with E-state index in [2.05, 4.69) is 5.32 Å². The van der Waals surface area contributed by atoms with Gasteiger partial charge in [0.1, 0.15) is 11.9 Å². The highest BCUT2D eigenvalue weighted by Crippen LogP contribution is 2.21. The fraction of sp³-hybridized carbons (Fsp3) is 0.391. The number of halogens is 1. The Hall–Kier alpha value is -3.29. The van der Waals surface area contributed by atoms with E-state index in [0.29, 0.717) is 18.5 Å². The monoisotopic (exact) mass is 429 g/mol. The predicted molar refractivity (Wildman–Crippen MR) is 116 cm³/mol. The lowest BCUT2D eigenvalue weighted by Crippen LogP contribution is -2.49. The molecule has 0 spiro atoms. The molecule has 0 aromatic heterocycles. The van der Waals surface area contributed by atoms with Gasteiger partial charge >= 0.3 is 0 Å². The third-order valence-electron chi connectivity index (χ3n) is 5.01. The zero-order chi connectivity index (χ0) is 22.8. The van der Waals surface area contributed by atoms with Crippen LogP contribution >= 0.6 is 0 Å². The van der Waals surface area contributed by atoms with E-state index in [1.807, 2.05) is 6.92 Å². The van der Waals surface area contributed by atoms with Crippen molar-refractivity contribution in [3.8, 4) is 0 Å². The SMILES string of the molecule is CCCCNC(=O)C(CC)N(Cc1ccc(F)cc1)C(=O)Cc1ccccc1[N+](=O)[O-]. The van der Waals surface area contributed by atoms with E-state index >= 15 is 0 Å². The molecule has 31 heavy (non-hydrogen) atoms. The molecule has 0 saturated heterocycles. The van der Waals surface area contributed by atoms with E-state index in [4.69, 9.17) is 0 Å². The number of nitrogens with one attached hydrogen (secondary N) is 1. The first-order valence-corrected chi connectivity index (χ1v) is 10.4. The first-order chi connectivity index (χ1) is 14.9. The normalized spacial score (nSPS) is 11.6. The van der Waals surface area contributed by atoms with Gasteiger partial charge in [-0.1, -0.05) is 50.6 Å². The fourth-order valence-electron chi connectivity index (χ4n) is 3.32. The van der Waals surface area contributed by atoms with Gasteiger partial charge in [0.05, 0.1) is 11.3 Å². The molecule has 2 rings (SSSR count). The number of nitro benzene ring substituents is 1. The Bertz CT molecular complexity index is 902. The van der Waals surface area contributed by atoms with Crippen molar-refractivity contribution in [2.24, 2.45) is 0 Å². The minimum atomic E-state index is -0.739. The Morgan fingerprint density at radius 1 is 1.13 bits per heavy atom. The Morgan fingerprint density at radius 2 is 1.81 bits per heavy atom. The standard InChI is InChI=1S/C23H28FN3O4/c1-3-5-14-25-23(29)20(4-2)26(16-17-10-12-19(24)13-11-17)22(28)15-18-8-6-7-9-21(18)27(30)31/h6-13,20H,3-5,14-16H2,1-2H3,(H,25,29). The average Bonchev–Trinajstić information content (AvgIpc) is 2.75. The average molecular weight is 429 g/mol. The van der Waals surface area contributed by atoms with Crippen LogP contribution in [-0.4, -0.2) is 34.2 Å². The number of amides is 2. The van der Waals surface area contributed by atoms with Crippen LogP contribution < -0.4 is 5.32 Å². The van der Waals surface area contributed by atoms with Crippen LogP contribution in [0.25, 0.3) is 0 Å². The number of carbonyl (C=O) groups excluding carboxylic acids is 2. The Kier molecular flexibility index (Phi) is 9.12. The van der Waals surface area contributed by atoms with Gasteiger partial charge in [-0.3, -0.25) is 19.7 Å². The van der Waals surface area contributed by atoms with Crippen molar-refractivity contribution in [3.05, 3.63) is 75.6 Å². The summed E-state index contributed by atoms with van der Waals surface area (Å²) in [7, 11) is 0. The van der Waals surface area contributed by atoms with Crippen molar-refractivity contribution in [2.75, 3.05) is 6.54 Å². The summed E-state index contributed by atoms with van der Waals surface area (Å²) < 4.78 is 13.3. The quantitative estimate of drug-likeness (QED) is 0.332. The van der Waals surface area contributed by atoms with Gasteiger partial charge in [0.15, 0.2) is 0 Å². The molecule has 0 bridgehead atoms. The lowest BCUT2D eigenvalue weighted by molar-refractivity contribution is -0.385. The van der Waals surface area contributed by atoms with E-state index < -0.39 is 22.7 Å². The molecule has 2 amide bonds. The van der Waals surface area contributed by atoms with Crippen LogP contribution in [-0.2, 0) is 22.6 Å². The molecule has 0 aliphatic rings. The maximum absolute atomic E-state index is 13.3. The predicted octanol–water partition coefficient (Wildman–Crippen LogP) is 4.00. The first kappa shape index (κ1) is 24.0. The van der Waals surface area contributed by atoms with E-state index in [-0.39, 0.29) is 30.1 Å². The first-order valence-electron chi connectivity index (χ1n) is 10.4. The second kappa shape index (κ2) is 11.8. The second-order valence-electron chi connectivity index (χ2n) is 7.28. The summed E-state index contributed by atoms with van der Waals surface area (Å²) in [6.45, 7) is 4.43. The van der Waals surface area contributed by atoms with Gasteiger partial charge in [0.25, 0.3) is 5.69 Å². The largest absolute Gasteiger partial charge is 0.354 e. The van der Waals surface area contributed by atoms with Gasteiger partial charge in [-0.25, -0.2) is 4.39 Å². The molecule has 0 heterocycles. The van der Waals surface area contributed by atoms with Gasteiger partial charge in [-0.2, -0.15) is 0 Å². The number of hydrogen-bond acceptors (Lipinski definition) is 4. The summed E-state index contributed by atoms with van der Waals surface area (Å²) in [6, 6.07) is 11.0. The molecule has 0 aliphatic heterocycles. The Labute approximate surface area is 181 Å². The molecule has 2 aromatic rings. The number of carbonyl (C=O) groups is 2. The topological polar surface area (TPSA) is 92.6 Å². The molecule has 2 aromatic carbocycles. The number of rotatable bonds is 11. The number of hydrogen-bond donors (Lipinski definition) is 1. The Balaban J connectivity index is 2.31. The zero-order valence-corrected chi connectivity index (χ0v) is 17.8. The van der Waals surface area contributed by atoms with E-state index in [9.17, 15) is 24.1 Å². The lowest BCUT2D eigenvalue weighted by Gasteiger charge is -2.30. The smallest absolute Gasteiger partial charge is 0.273 e. The summed E-state index contributed by atoms with van der Waals surface area (Å²) in [4.78, 5) is 38.3. The summed E-state index contributed by atoms with van der Waals surface area (Å²) >= 11 is 0. The molecule has 1 N–H and O–H groups in total. The van der Waals surface area contributed by atoms with Gasteiger partial charge < -0.3 is 10.2 Å². The molecular formula is C23H28FN3O4. The molecule has 8 heteroatoms.